The van der Waals surface area contributed by atoms with Crippen LogP contribution in [-0.2, 0) is 9.59 Å². The molecule has 116 valence electrons. The van der Waals surface area contributed by atoms with Crippen LogP contribution in [0.4, 0.5) is 0 Å². The molecule has 0 aliphatic carbocycles. The van der Waals surface area contributed by atoms with E-state index in [1.807, 2.05) is 12.3 Å². The number of hydrogen-bond donors (Lipinski definition) is 1. The highest BCUT2D eigenvalue weighted by atomic mass is 32.2. The number of thioether (sulfide) groups is 2. The van der Waals surface area contributed by atoms with Crippen LogP contribution in [0.25, 0.3) is 6.08 Å². The molecule has 0 radical (unpaired) electrons. The number of amides is 1. The number of rotatable bonds is 6. The minimum atomic E-state index is -1.04. The van der Waals surface area contributed by atoms with Gasteiger partial charge < -0.3 is 5.11 Å². The van der Waals surface area contributed by atoms with Gasteiger partial charge in [0.05, 0.1) is 10.6 Å². The van der Waals surface area contributed by atoms with Gasteiger partial charge in [0.25, 0.3) is 5.91 Å². The molecule has 1 atom stereocenters. The highest BCUT2D eigenvalue weighted by molar-refractivity contribution is 8.26. The van der Waals surface area contributed by atoms with Crippen molar-refractivity contribution < 1.29 is 14.7 Å². The average Bonchev–Trinajstić information content (AvgIpc) is 2.76. The van der Waals surface area contributed by atoms with Gasteiger partial charge >= 0.3 is 5.97 Å². The zero-order valence-corrected chi connectivity index (χ0v) is 14.2. The number of pyridine rings is 1. The molecule has 1 saturated heterocycles. The van der Waals surface area contributed by atoms with Crippen molar-refractivity contribution in [3.63, 3.8) is 0 Å². The second kappa shape index (κ2) is 7.75. The Morgan fingerprint density at radius 1 is 1.59 bits per heavy atom. The lowest BCUT2D eigenvalue weighted by molar-refractivity contribution is -0.145. The third-order valence-electron chi connectivity index (χ3n) is 2.98. The van der Waals surface area contributed by atoms with Crippen molar-refractivity contribution in [2.24, 2.45) is 0 Å². The Morgan fingerprint density at radius 2 is 2.36 bits per heavy atom. The van der Waals surface area contributed by atoms with Crippen LogP contribution in [0.5, 0.6) is 0 Å². The van der Waals surface area contributed by atoms with Gasteiger partial charge in [-0.2, -0.15) is 11.8 Å². The van der Waals surface area contributed by atoms with Crippen molar-refractivity contribution in [1.82, 2.24) is 9.88 Å². The van der Waals surface area contributed by atoms with E-state index >= 15 is 0 Å². The highest BCUT2D eigenvalue weighted by Crippen LogP contribution is 2.34. The molecule has 0 saturated carbocycles. The molecule has 1 aliphatic rings. The minimum absolute atomic E-state index is 0.278. The molecule has 5 nitrogen and oxygen atoms in total. The summed E-state index contributed by atoms with van der Waals surface area (Å²) in [6, 6.07) is 4.45. The summed E-state index contributed by atoms with van der Waals surface area (Å²) in [5.41, 5.74) is 0.638. The Bertz CT molecular complexity index is 619. The molecule has 2 heterocycles. The third-order valence-corrected chi connectivity index (χ3v) is 4.96. The number of thiocarbonyl (C=S) groups is 1. The third kappa shape index (κ3) is 3.88. The van der Waals surface area contributed by atoms with E-state index in [1.165, 1.54) is 16.7 Å². The number of carboxylic acids is 1. The monoisotopic (exact) mass is 354 g/mol. The van der Waals surface area contributed by atoms with Crippen LogP contribution in [0.1, 0.15) is 12.1 Å². The maximum atomic E-state index is 12.5. The first kappa shape index (κ1) is 17.0. The van der Waals surface area contributed by atoms with Gasteiger partial charge in [-0.3, -0.25) is 14.7 Å². The van der Waals surface area contributed by atoms with Crippen LogP contribution in [-0.4, -0.2) is 49.2 Å². The molecular formula is C14H14N2O3S3. The molecule has 0 bridgehead atoms. The molecule has 2 rings (SSSR count). The lowest BCUT2D eigenvalue weighted by Gasteiger charge is -2.22. The van der Waals surface area contributed by atoms with E-state index in [4.69, 9.17) is 12.2 Å². The summed E-state index contributed by atoms with van der Waals surface area (Å²) in [7, 11) is 0. The van der Waals surface area contributed by atoms with E-state index in [1.54, 1.807) is 24.4 Å². The van der Waals surface area contributed by atoms with E-state index in [-0.39, 0.29) is 10.2 Å². The van der Waals surface area contributed by atoms with Crippen LogP contribution < -0.4 is 0 Å². The lowest BCUT2D eigenvalue weighted by Crippen LogP contribution is -2.44. The summed E-state index contributed by atoms with van der Waals surface area (Å²) < 4.78 is 0.278. The molecule has 0 aromatic carbocycles. The lowest BCUT2D eigenvalue weighted by atomic mass is 10.2. The van der Waals surface area contributed by atoms with Crippen molar-refractivity contribution in [3.05, 3.63) is 35.0 Å². The normalized spacial score (nSPS) is 18.0. The number of carboxylic acid groups (broad SMARTS) is 1. The molecule has 8 heteroatoms. The Kier molecular flexibility index (Phi) is 5.98. The fourth-order valence-corrected chi connectivity index (χ4v) is 3.74. The van der Waals surface area contributed by atoms with Gasteiger partial charge in [-0.05, 0) is 36.6 Å². The van der Waals surface area contributed by atoms with Gasteiger partial charge in [0.1, 0.15) is 10.4 Å². The molecule has 0 unspecified atom stereocenters. The molecule has 0 spiro atoms. The maximum Gasteiger partial charge on any atom is 0.326 e. The molecule has 1 aliphatic heterocycles. The Morgan fingerprint density at radius 3 is 2.95 bits per heavy atom. The predicted octanol–water partition coefficient (Wildman–Crippen LogP) is 2.49. The average molecular weight is 354 g/mol. The van der Waals surface area contributed by atoms with E-state index in [0.29, 0.717) is 22.8 Å². The molecular weight excluding hydrogens is 340 g/mol. The van der Waals surface area contributed by atoms with Crippen molar-refractivity contribution in [2.75, 3.05) is 12.0 Å². The summed E-state index contributed by atoms with van der Waals surface area (Å²) in [5, 5.41) is 9.37. The van der Waals surface area contributed by atoms with Crippen LogP contribution in [0.2, 0.25) is 0 Å². The molecule has 1 aromatic rings. The summed E-state index contributed by atoms with van der Waals surface area (Å²) >= 11 is 7.84. The number of carbonyl (C=O) groups excluding carboxylic acids is 1. The predicted molar refractivity (Wildman–Crippen MR) is 93.7 cm³/mol. The van der Waals surface area contributed by atoms with Gasteiger partial charge in [0, 0.05) is 6.20 Å². The number of aromatic nitrogens is 1. The zero-order valence-electron chi connectivity index (χ0n) is 11.8. The largest absolute Gasteiger partial charge is 0.480 e. The van der Waals surface area contributed by atoms with Crippen molar-refractivity contribution in [2.45, 2.75) is 12.5 Å². The highest BCUT2D eigenvalue weighted by Gasteiger charge is 2.40. The van der Waals surface area contributed by atoms with Crippen LogP contribution >= 0.6 is 35.7 Å². The Balaban J connectivity index is 2.24. The molecule has 1 amide bonds. The van der Waals surface area contributed by atoms with Gasteiger partial charge in [0.2, 0.25) is 0 Å². The maximum absolute atomic E-state index is 12.5. The first-order valence-electron chi connectivity index (χ1n) is 6.44. The van der Waals surface area contributed by atoms with Crippen molar-refractivity contribution >= 4 is 58.0 Å². The van der Waals surface area contributed by atoms with E-state index in [2.05, 4.69) is 4.98 Å². The number of carbonyl (C=O) groups is 2. The van der Waals surface area contributed by atoms with Gasteiger partial charge in [-0.15, -0.1) is 0 Å². The van der Waals surface area contributed by atoms with Crippen LogP contribution in [0, 0.1) is 0 Å². The number of aliphatic carboxylic acids is 1. The minimum Gasteiger partial charge on any atom is -0.480 e. The standard InChI is InChI=1S/C14H14N2O3S3/c1-21-7-5-10(13(18)19)16-12(17)11(22-14(16)20)8-9-4-2-3-6-15-9/h2-4,6,8,10H,5,7H2,1H3,(H,18,19)/b11-8-/t10-/m1/s1. The summed E-state index contributed by atoms with van der Waals surface area (Å²) in [6.07, 6.45) is 5.52. The first-order chi connectivity index (χ1) is 10.5. The second-order valence-electron chi connectivity index (χ2n) is 4.44. The SMILES string of the molecule is CSCC[C@H](C(=O)O)N1C(=O)/C(=C/c2ccccn2)SC1=S. The van der Waals surface area contributed by atoms with Crippen molar-refractivity contribution in [1.29, 1.82) is 0 Å². The second-order valence-corrected chi connectivity index (χ2v) is 7.10. The number of nitrogens with zero attached hydrogens (tertiary/aromatic N) is 2. The van der Waals surface area contributed by atoms with Gasteiger partial charge in [0.15, 0.2) is 0 Å². The van der Waals surface area contributed by atoms with Gasteiger partial charge in [-0.1, -0.05) is 30.0 Å². The van der Waals surface area contributed by atoms with Crippen LogP contribution in [0.15, 0.2) is 29.3 Å². The molecule has 1 N–H and O–H groups in total. The van der Waals surface area contributed by atoms with E-state index < -0.39 is 12.0 Å². The van der Waals surface area contributed by atoms with E-state index in [9.17, 15) is 14.7 Å². The quantitative estimate of drug-likeness (QED) is 0.621. The Hall–Kier alpha value is -1.38. The summed E-state index contributed by atoms with van der Waals surface area (Å²) in [6.45, 7) is 0. The molecule has 22 heavy (non-hydrogen) atoms. The number of hydrogen-bond acceptors (Lipinski definition) is 6. The Labute approximate surface area is 142 Å². The van der Waals surface area contributed by atoms with Crippen molar-refractivity contribution in [3.8, 4) is 0 Å². The first-order valence-corrected chi connectivity index (χ1v) is 9.06. The summed E-state index contributed by atoms with van der Waals surface area (Å²) in [5.74, 6) is -0.758. The molecule has 1 aromatic heterocycles. The topological polar surface area (TPSA) is 70.5 Å². The fourth-order valence-electron chi connectivity index (χ4n) is 1.94. The molecule has 1 fully saturated rings. The summed E-state index contributed by atoms with van der Waals surface area (Å²) in [4.78, 5) is 29.7. The van der Waals surface area contributed by atoms with E-state index in [0.717, 1.165) is 11.8 Å². The smallest absolute Gasteiger partial charge is 0.326 e. The van der Waals surface area contributed by atoms with Gasteiger partial charge in [-0.25, -0.2) is 4.79 Å². The van der Waals surface area contributed by atoms with Crippen LogP contribution in [0.3, 0.4) is 0 Å². The fraction of sp³-hybridized carbons (Fsp3) is 0.286. The zero-order chi connectivity index (χ0) is 16.1.